The first-order valence-corrected chi connectivity index (χ1v) is 7.32. The summed E-state index contributed by atoms with van der Waals surface area (Å²) < 4.78 is 10.9. The van der Waals surface area contributed by atoms with Gasteiger partial charge in [-0.2, -0.15) is 0 Å². The minimum atomic E-state index is -0.620. The molecule has 1 unspecified atom stereocenters. The number of aliphatic hydroxyl groups is 1. The molecule has 0 radical (unpaired) electrons. The van der Waals surface area contributed by atoms with Crippen molar-refractivity contribution in [2.75, 3.05) is 39.5 Å². The predicted octanol–water partition coefficient (Wildman–Crippen LogP) is -0.00500. The van der Waals surface area contributed by atoms with E-state index >= 15 is 0 Å². The van der Waals surface area contributed by atoms with Gasteiger partial charge in [0.2, 0.25) is 5.88 Å². The van der Waals surface area contributed by atoms with Crippen LogP contribution in [0.25, 0.3) is 10.8 Å². The van der Waals surface area contributed by atoms with Crippen LogP contribution in [0.4, 0.5) is 0 Å². The normalized spacial score (nSPS) is 17.5. The van der Waals surface area contributed by atoms with Gasteiger partial charge in [0.05, 0.1) is 24.0 Å². The molecule has 2 aromatic rings. The quantitative estimate of drug-likeness (QED) is 0.808. The maximum absolute atomic E-state index is 11.7. The Labute approximate surface area is 127 Å². The van der Waals surface area contributed by atoms with Gasteiger partial charge in [-0.25, -0.2) is 5.10 Å². The monoisotopic (exact) mass is 305 g/mol. The number of fused-ring (bicyclic) bond motifs is 1. The fourth-order valence-corrected chi connectivity index (χ4v) is 2.51. The number of nitrogens with one attached hydrogen (secondary N) is 1. The first-order chi connectivity index (χ1) is 10.7. The Balaban J connectivity index is 1.63. The maximum Gasteiger partial charge on any atom is 0.272 e. The molecule has 1 aliphatic rings. The van der Waals surface area contributed by atoms with Gasteiger partial charge >= 0.3 is 0 Å². The van der Waals surface area contributed by atoms with Crippen LogP contribution in [0.1, 0.15) is 0 Å². The van der Waals surface area contributed by atoms with Crippen molar-refractivity contribution in [1.82, 2.24) is 15.1 Å². The molecule has 0 bridgehead atoms. The number of nitrogens with zero attached hydrogens (tertiary/aromatic N) is 2. The standard InChI is InChI=1S/C15H19N3O4/c19-11(9-18-5-7-21-8-6-18)10-22-15-13-4-2-1-3-12(13)14(20)16-17-15/h1-4,11,19H,5-10H2,(H,16,20). The second-order valence-electron chi connectivity index (χ2n) is 5.28. The highest BCUT2D eigenvalue weighted by Crippen LogP contribution is 2.19. The molecular weight excluding hydrogens is 286 g/mol. The van der Waals surface area contributed by atoms with Gasteiger partial charge < -0.3 is 14.6 Å². The topological polar surface area (TPSA) is 87.7 Å². The predicted molar refractivity (Wildman–Crippen MR) is 81.1 cm³/mol. The SMILES string of the molecule is O=c1[nH]nc(OCC(O)CN2CCOCC2)c2ccccc12. The fourth-order valence-electron chi connectivity index (χ4n) is 2.51. The van der Waals surface area contributed by atoms with Gasteiger partial charge in [-0.1, -0.05) is 12.1 Å². The van der Waals surface area contributed by atoms with Crippen LogP contribution in [0.2, 0.25) is 0 Å². The van der Waals surface area contributed by atoms with Crippen LogP contribution >= 0.6 is 0 Å². The molecule has 0 amide bonds. The Bertz CT molecular complexity index is 682. The zero-order valence-corrected chi connectivity index (χ0v) is 12.2. The third kappa shape index (κ3) is 3.44. The lowest BCUT2D eigenvalue weighted by molar-refractivity contribution is 0.00431. The number of hydrogen-bond acceptors (Lipinski definition) is 6. The molecule has 1 saturated heterocycles. The molecule has 1 aliphatic heterocycles. The summed E-state index contributed by atoms with van der Waals surface area (Å²) in [5, 5.41) is 17.6. The molecule has 0 aliphatic carbocycles. The van der Waals surface area contributed by atoms with E-state index in [1.54, 1.807) is 18.2 Å². The first-order valence-electron chi connectivity index (χ1n) is 7.32. The summed E-state index contributed by atoms with van der Waals surface area (Å²) in [6, 6.07) is 7.10. The van der Waals surface area contributed by atoms with Crippen LogP contribution in [0, 0.1) is 0 Å². The third-order valence-electron chi connectivity index (χ3n) is 3.65. The van der Waals surface area contributed by atoms with Crippen molar-refractivity contribution in [1.29, 1.82) is 0 Å². The summed E-state index contributed by atoms with van der Waals surface area (Å²) in [4.78, 5) is 13.8. The molecule has 7 heteroatoms. The Morgan fingerprint density at radius 1 is 1.32 bits per heavy atom. The molecule has 1 atom stereocenters. The average Bonchev–Trinajstić information content (AvgIpc) is 2.55. The van der Waals surface area contributed by atoms with Gasteiger partial charge in [-0.05, 0) is 12.1 Å². The number of H-pyrrole nitrogens is 1. The maximum atomic E-state index is 11.7. The summed E-state index contributed by atoms with van der Waals surface area (Å²) in [5.41, 5.74) is -0.253. The van der Waals surface area contributed by atoms with Crippen LogP contribution < -0.4 is 10.3 Å². The molecule has 1 fully saturated rings. The van der Waals surface area contributed by atoms with Crippen LogP contribution in [-0.2, 0) is 4.74 Å². The molecule has 7 nitrogen and oxygen atoms in total. The van der Waals surface area contributed by atoms with E-state index in [4.69, 9.17) is 9.47 Å². The number of benzene rings is 1. The average molecular weight is 305 g/mol. The second kappa shape index (κ2) is 6.87. The van der Waals surface area contributed by atoms with E-state index in [0.29, 0.717) is 36.4 Å². The Kier molecular flexibility index (Phi) is 4.67. The van der Waals surface area contributed by atoms with E-state index in [1.165, 1.54) is 0 Å². The molecular formula is C15H19N3O4. The van der Waals surface area contributed by atoms with Crippen molar-refractivity contribution in [2.24, 2.45) is 0 Å². The summed E-state index contributed by atoms with van der Waals surface area (Å²) in [7, 11) is 0. The highest BCUT2D eigenvalue weighted by atomic mass is 16.5. The van der Waals surface area contributed by atoms with Crippen molar-refractivity contribution >= 4 is 10.8 Å². The first kappa shape index (κ1) is 15.0. The lowest BCUT2D eigenvalue weighted by atomic mass is 10.2. The molecule has 1 aromatic heterocycles. The molecule has 1 aromatic carbocycles. The highest BCUT2D eigenvalue weighted by Gasteiger charge is 2.16. The second-order valence-corrected chi connectivity index (χ2v) is 5.28. The third-order valence-corrected chi connectivity index (χ3v) is 3.65. The van der Waals surface area contributed by atoms with Gasteiger partial charge in [0.1, 0.15) is 12.7 Å². The molecule has 0 spiro atoms. The fraction of sp³-hybridized carbons (Fsp3) is 0.467. The van der Waals surface area contributed by atoms with Gasteiger partial charge in [0.15, 0.2) is 0 Å². The van der Waals surface area contributed by atoms with Gasteiger partial charge in [0.25, 0.3) is 5.56 Å². The summed E-state index contributed by atoms with van der Waals surface area (Å²) in [6.07, 6.45) is -0.620. The van der Waals surface area contributed by atoms with Gasteiger partial charge in [-0.15, -0.1) is 5.10 Å². The van der Waals surface area contributed by atoms with Crippen molar-refractivity contribution in [3.63, 3.8) is 0 Å². The lowest BCUT2D eigenvalue weighted by Crippen LogP contribution is -2.42. The smallest absolute Gasteiger partial charge is 0.272 e. The number of rotatable bonds is 5. The van der Waals surface area contributed by atoms with Crippen LogP contribution in [0.15, 0.2) is 29.1 Å². The number of aromatic nitrogens is 2. The summed E-state index contributed by atoms with van der Waals surface area (Å²) >= 11 is 0. The van der Waals surface area contributed by atoms with E-state index in [9.17, 15) is 9.90 Å². The highest BCUT2D eigenvalue weighted by molar-refractivity contribution is 5.85. The number of hydrogen-bond donors (Lipinski definition) is 2. The number of β-amino-alcohol motifs (C(OH)–C–C–N with tert-alkyl or cyclic N) is 1. The molecule has 3 rings (SSSR count). The summed E-state index contributed by atoms with van der Waals surface area (Å²) in [5.74, 6) is 0.330. The molecule has 118 valence electrons. The summed E-state index contributed by atoms with van der Waals surface area (Å²) in [6.45, 7) is 3.68. The van der Waals surface area contributed by atoms with Crippen LogP contribution in [-0.4, -0.2) is 65.8 Å². The minimum absolute atomic E-state index is 0.125. The lowest BCUT2D eigenvalue weighted by Gasteiger charge is -2.28. The minimum Gasteiger partial charge on any atom is -0.473 e. The van der Waals surface area contributed by atoms with E-state index in [-0.39, 0.29) is 12.2 Å². The number of aliphatic hydroxyl groups excluding tert-OH is 1. The number of aromatic amines is 1. The van der Waals surface area contributed by atoms with Crippen molar-refractivity contribution in [2.45, 2.75) is 6.10 Å². The molecule has 0 saturated carbocycles. The van der Waals surface area contributed by atoms with Crippen LogP contribution in [0.3, 0.4) is 0 Å². The van der Waals surface area contributed by atoms with E-state index in [1.807, 2.05) is 6.07 Å². The molecule has 22 heavy (non-hydrogen) atoms. The Morgan fingerprint density at radius 2 is 2.05 bits per heavy atom. The van der Waals surface area contributed by atoms with Crippen LogP contribution in [0.5, 0.6) is 5.88 Å². The van der Waals surface area contributed by atoms with E-state index in [0.717, 1.165) is 13.1 Å². The van der Waals surface area contributed by atoms with Gasteiger partial charge in [-0.3, -0.25) is 9.69 Å². The van der Waals surface area contributed by atoms with E-state index in [2.05, 4.69) is 15.1 Å². The van der Waals surface area contributed by atoms with E-state index < -0.39 is 6.10 Å². The molecule has 2 heterocycles. The molecule has 2 N–H and O–H groups in total. The van der Waals surface area contributed by atoms with Gasteiger partial charge in [0, 0.05) is 19.6 Å². The van der Waals surface area contributed by atoms with Crippen molar-refractivity contribution in [3.05, 3.63) is 34.6 Å². The Hall–Kier alpha value is -1.96. The zero-order chi connectivity index (χ0) is 15.4. The Morgan fingerprint density at radius 3 is 2.82 bits per heavy atom. The number of morpholine rings is 1. The number of ether oxygens (including phenoxy) is 2. The largest absolute Gasteiger partial charge is 0.473 e. The van der Waals surface area contributed by atoms with Crippen molar-refractivity contribution in [3.8, 4) is 5.88 Å². The zero-order valence-electron chi connectivity index (χ0n) is 12.2. The van der Waals surface area contributed by atoms with Crippen molar-refractivity contribution < 1.29 is 14.6 Å².